The number of fused-ring (bicyclic) bond motifs is 1. The first kappa shape index (κ1) is 21.7. The number of aromatic nitrogens is 3. The van der Waals surface area contributed by atoms with Crippen molar-refractivity contribution in [2.75, 3.05) is 26.1 Å². The van der Waals surface area contributed by atoms with E-state index >= 15 is 0 Å². The van der Waals surface area contributed by atoms with Gasteiger partial charge in [0.2, 0.25) is 0 Å². The Morgan fingerprint density at radius 3 is 2.53 bits per heavy atom. The maximum absolute atomic E-state index is 13.2. The van der Waals surface area contributed by atoms with Crippen molar-refractivity contribution >= 4 is 34.2 Å². The maximum Gasteiger partial charge on any atom is 0.332 e. The van der Waals surface area contributed by atoms with E-state index in [4.69, 9.17) is 21.1 Å². The number of ether oxygens (including phenoxy) is 2. The van der Waals surface area contributed by atoms with Crippen LogP contribution in [-0.4, -0.2) is 40.4 Å². The number of amides is 1. The first-order valence-electron chi connectivity index (χ1n) is 9.23. The average Bonchev–Trinajstić information content (AvgIpc) is 3.11. The first-order chi connectivity index (χ1) is 14.3. The Hall–Kier alpha value is -3.04. The number of hydrogen-bond donors (Lipinski definition) is 1. The van der Waals surface area contributed by atoms with Crippen molar-refractivity contribution < 1.29 is 14.3 Å². The molecule has 9 nitrogen and oxygen atoms in total. The van der Waals surface area contributed by atoms with Crippen molar-refractivity contribution in [1.29, 1.82) is 0 Å². The van der Waals surface area contributed by atoms with Crippen LogP contribution in [0.4, 0.5) is 5.69 Å². The molecule has 30 heavy (non-hydrogen) atoms. The van der Waals surface area contributed by atoms with Gasteiger partial charge >= 0.3 is 5.69 Å². The van der Waals surface area contributed by atoms with Crippen LogP contribution in [0.25, 0.3) is 11.0 Å². The molecule has 0 atom stereocenters. The Labute approximate surface area is 177 Å². The molecule has 3 aromatic rings. The summed E-state index contributed by atoms with van der Waals surface area (Å²) in [7, 11) is 6.04. The lowest BCUT2D eigenvalue weighted by Crippen LogP contribution is -2.37. The molecule has 1 amide bonds. The van der Waals surface area contributed by atoms with E-state index in [-0.39, 0.29) is 11.1 Å². The smallest absolute Gasteiger partial charge is 0.332 e. The van der Waals surface area contributed by atoms with Crippen molar-refractivity contribution in [3.63, 3.8) is 0 Å². The number of halogens is 1. The van der Waals surface area contributed by atoms with Gasteiger partial charge in [0.1, 0.15) is 17.1 Å². The van der Waals surface area contributed by atoms with E-state index in [1.807, 2.05) is 0 Å². The molecule has 0 radical (unpaired) electrons. The third kappa shape index (κ3) is 3.86. The minimum absolute atomic E-state index is 0.237. The largest absolute Gasteiger partial charge is 0.495 e. The molecule has 0 aliphatic carbocycles. The van der Waals surface area contributed by atoms with Crippen molar-refractivity contribution in [2.45, 2.75) is 13.0 Å². The summed E-state index contributed by atoms with van der Waals surface area (Å²) in [5, 5.41) is 3.49. The van der Waals surface area contributed by atoms with E-state index in [1.54, 1.807) is 36.9 Å². The number of nitrogens with zero attached hydrogens (tertiary/aromatic N) is 3. The first-order valence-corrected chi connectivity index (χ1v) is 9.61. The maximum atomic E-state index is 13.2. The Morgan fingerprint density at radius 1 is 1.13 bits per heavy atom. The molecule has 1 N–H and O–H groups in total. The summed E-state index contributed by atoms with van der Waals surface area (Å²) >= 11 is 6.05. The molecule has 3 rings (SSSR count). The molecule has 0 spiro atoms. The van der Waals surface area contributed by atoms with Crippen molar-refractivity contribution in [1.82, 2.24) is 13.7 Å². The van der Waals surface area contributed by atoms with E-state index in [9.17, 15) is 14.4 Å². The lowest BCUT2D eigenvalue weighted by Gasteiger charge is -2.14. The minimum Gasteiger partial charge on any atom is -0.495 e. The zero-order valence-electron chi connectivity index (χ0n) is 17.2. The van der Waals surface area contributed by atoms with Gasteiger partial charge in [-0.25, -0.2) is 4.79 Å². The molecule has 0 saturated carbocycles. The molecule has 0 aliphatic heterocycles. The van der Waals surface area contributed by atoms with E-state index in [1.165, 1.54) is 24.8 Å². The van der Waals surface area contributed by atoms with Crippen molar-refractivity contribution in [3.05, 3.63) is 55.8 Å². The molecule has 2 heterocycles. The second-order valence-electron chi connectivity index (χ2n) is 6.77. The van der Waals surface area contributed by atoms with E-state index in [0.717, 1.165) is 4.57 Å². The van der Waals surface area contributed by atoms with E-state index in [2.05, 4.69) is 5.32 Å². The molecule has 0 aliphatic rings. The van der Waals surface area contributed by atoms with Gasteiger partial charge in [0.15, 0.2) is 0 Å². The summed E-state index contributed by atoms with van der Waals surface area (Å²) in [6.45, 7) is 0.842. The van der Waals surface area contributed by atoms with Gasteiger partial charge in [0, 0.05) is 39.4 Å². The molecule has 0 bridgehead atoms. The van der Waals surface area contributed by atoms with Crippen LogP contribution in [0.15, 0.2) is 33.9 Å². The van der Waals surface area contributed by atoms with Crippen LogP contribution in [0.1, 0.15) is 16.9 Å². The second kappa shape index (κ2) is 8.76. The zero-order chi connectivity index (χ0) is 22.0. The highest BCUT2D eigenvalue weighted by molar-refractivity contribution is 6.31. The van der Waals surface area contributed by atoms with E-state index < -0.39 is 17.2 Å². The van der Waals surface area contributed by atoms with Crippen molar-refractivity contribution in [2.24, 2.45) is 14.1 Å². The third-order valence-electron chi connectivity index (χ3n) is 4.87. The predicted octanol–water partition coefficient (Wildman–Crippen LogP) is 1.99. The fourth-order valence-electron chi connectivity index (χ4n) is 3.39. The standard InChI is InChI=1S/C20H23ClN4O5/c1-23-18-13(19(27)24(2)20(23)28)11-15(25(18)8-5-9-29-3)17(26)22-14-10-12(21)6-7-16(14)30-4/h6-7,10-11H,5,8-9H2,1-4H3,(H,22,26). The Bertz CT molecular complexity index is 1220. The highest BCUT2D eigenvalue weighted by Crippen LogP contribution is 2.28. The van der Waals surface area contributed by atoms with Crippen LogP contribution in [0.3, 0.4) is 0 Å². The lowest BCUT2D eigenvalue weighted by molar-refractivity contribution is 0.101. The number of rotatable bonds is 7. The van der Waals surface area contributed by atoms with Gasteiger partial charge in [-0.15, -0.1) is 0 Å². The van der Waals surface area contributed by atoms with Gasteiger partial charge in [-0.1, -0.05) is 11.6 Å². The monoisotopic (exact) mass is 434 g/mol. The summed E-state index contributed by atoms with van der Waals surface area (Å²) in [6, 6.07) is 6.37. The van der Waals surface area contributed by atoms with Crippen LogP contribution >= 0.6 is 11.6 Å². The summed E-state index contributed by atoms with van der Waals surface area (Å²) in [5.41, 5.74) is 0.0735. The number of anilines is 1. The SMILES string of the molecule is COCCCn1c(C(=O)Nc2cc(Cl)ccc2OC)cc2c(=O)n(C)c(=O)n(C)c21. The summed E-state index contributed by atoms with van der Waals surface area (Å²) in [6.07, 6.45) is 0.588. The highest BCUT2D eigenvalue weighted by Gasteiger charge is 2.22. The normalized spacial score (nSPS) is 11.1. The van der Waals surface area contributed by atoms with Gasteiger partial charge in [0.05, 0.1) is 18.2 Å². The molecule has 0 unspecified atom stereocenters. The number of carbonyl (C=O) groups excluding carboxylic acids is 1. The van der Waals surface area contributed by atoms with Gasteiger partial charge < -0.3 is 19.4 Å². The fraction of sp³-hybridized carbons (Fsp3) is 0.350. The number of carbonyl (C=O) groups is 1. The highest BCUT2D eigenvalue weighted by atomic mass is 35.5. The molecule has 2 aromatic heterocycles. The number of aryl methyl sites for hydroxylation is 2. The molecule has 0 saturated heterocycles. The molecule has 10 heteroatoms. The van der Waals surface area contributed by atoms with Crippen LogP contribution < -0.4 is 21.3 Å². The predicted molar refractivity (Wildman–Crippen MR) is 115 cm³/mol. The van der Waals surface area contributed by atoms with Gasteiger partial charge in [-0.3, -0.25) is 18.7 Å². The Morgan fingerprint density at radius 2 is 1.87 bits per heavy atom. The molecular formula is C20H23ClN4O5. The topological polar surface area (TPSA) is 96.5 Å². The quantitative estimate of drug-likeness (QED) is 0.573. The molecule has 160 valence electrons. The number of nitrogens with one attached hydrogen (secondary N) is 1. The minimum atomic E-state index is -0.470. The third-order valence-corrected chi connectivity index (χ3v) is 5.10. The van der Waals surface area contributed by atoms with Crippen molar-refractivity contribution in [3.8, 4) is 5.75 Å². The van der Waals surface area contributed by atoms with Gasteiger partial charge in [-0.05, 0) is 30.7 Å². The van der Waals surface area contributed by atoms with Crippen LogP contribution in [-0.2, 0) is 25.4 Å². The molecule has 0 fully saturated rings. The van der Waals surface area contributed by atoms with Crippen LogP contribution in [0, 0.1) is 0 Å². The molecule has 1 aromatic carbocycles. The van der Waals surface area contributed by atoms with Crippen LogP contribution in [0.5, 0.6) is 5.75 Å². The van der Waals surface area contributed by atoms with Gasteiger partial charge in [0.25, 0.3) is 11.5 Å². The number of benzene rings is 1. The second-order valence-corrected chi connectivity index (χ2v) is 7.21. The lowest BCUT2D eigenvalue weighted by atomic mass is 10.2. The Balaban J connectivity index is 2.16. The summed E-state index contributed by atoms with van der Waals surface area (Å²) < 4.78 is 14.4. The number of methoxy groups -OCH3 is 2. The fourth-order valence-corrected chi connectivity index (χ4v) is 3.56. The Kier molecular flexibility index (Phi) is 6.33. The zero-order valence-corrected chi connectivity index (χ0v) is 17.9. The summed E-state index contributed by atoms with van der Waals surface area (Å²) in [4.78, 5) is 38.2. The van der Waals surface area contributed by atoms with E-state index in [0.29, 0.717) is 41.7 Å². The van der Waals surface area contributed by atoms with Crippen LogP contribution in [0.2, 0.25) is 5.02 Å². The average molecular weight is 435 g/mol. The van der Waals surface area contributed by atoms with Gasteiger partial charge in [-0.2, -0.15) is 0 Å². The molecular weight excluding hydrogens is 412 g/mol. The summed E-state index contributed by atoms with van der Waals surface area (Å²) in [5.74, 6) is -0.0169. The number of hydrogen-bond acceptors (Lipinski definition) is 5.